The van der Waals surface area contributed by atoms with Gasteiger partial charge in [-0.15, -0.1) is 0 Å². The fourth-order valence-corrected chi connectivity index (χ4v) is 4.42. The second-order valence-electron chi connectivity index (χ2n) is 5.37. The van der Waals surface area contributed by atoms with Crippen LogP contribution in [-0.4, -0.2) is 42.8 Å². The number of hydrogen-bond donors (Lipinski definition) is 0. The van der Waals surface area contributed by atoms with Gasteiger partial charge in [0.15, 0.2) is 9.84 Å². The van der Waals surface area contributed by atoms with Crippen molar-refractivity contribution in [3.8, 4) is 0 Å². The van der Waals surface area contributed by atoms with E-state index in [2.05, 4.69) is 0 Å². The van der Waals surface area contributed by atoms with Gasteiger partial charge in [-0.05, 0) is 31.4 Å². The Morgan fingerprint density at radius 3 is 2.26 bits per heavy atom. The minimum Gasteiger partial charge on any atom is -0.332 e. The van der Waals surface area contributed by atoms with Crippen molar-refractivity contribution >= 4 is 15.7 Å². The molecule has 0 N–H and O–H groups in total. The van der Waals surface area contributed by atoms with Crippen LogP contribution in [0.3, 0.4) is 0 Å². The molecule has 0 radical (unpaired) electrons. The van der Waals surface area contributed by atoms with Gasteiger partial charge in [0.05, 0.1) is 11.5 Å². The van der Waals surface area contributed by atoms with Crippen LogP contribution < -0.4 is 0 Å². The Labute approximate surface area is 113 Å². The molecule has 19 heavy (non-hydrogen) atoms. The van der Waals surface area contributed by atoms with E-state index in [-0.39, 0.29) is 29.5 Å². The van der Waals surface area contributed by atoms with Gasteiger partial charge in [0, 0.05) is 17.6 Å². The Kier molecular flexibility index (Phi) is 3.09. The molecule has 1 aliphatic heterocycles. The van der Waals surface area contributed by atoms with Crippen molar-refractivity contribution < 1.29 is 13.2 Å². The van der Waals surface area contributed by atoms with Crippen molar-refractivity contribution in [1.82, 2.24) is 4.90 Å². The molecule has 1 saturated heterocycles. The number of nitrogens with zero attached hydrogens (tertiary/aromatic N) is 1. The van der Waals surface area contributed by atoms with Gasteiger partial charge in [0.1, 0.15) is 0 Å². The molecule has 4 nitrogen and oxygen atoms in total. The smallest absolute Gasteiger partial charge is 0.254 e. The molecule has 0 spiro atoms. The van der Waals surface area contributed by atoms with Gasteiger partial charge in [-0.3, -0.25) is 4.79 Å². The van der Waals surface area contributed by atoms with Gasteiger partial charge in [0.2, 0.25) is 0 Å². The molecule has 1 aromatic rings. The number of amides is 1. The molecule has 1 aromatic carbocycles. The topological polar surface area (TPSA) is 54.5 Å². The minimum absolute atomic E-state index is 0.0230. The van der Waals surface area contributed by atoms with E-state index < -0.39 is 9.84 Å². The Morgan fingerprint density at radius 2 is 1.74 bits per heavy atom. The van der Waals surface area contributed by atoms with E-state index in [4.69, 9.17) is 0 Å². The molecule has 102 valence electrons. The molecule has 3 rings (SSSR count). The number of carbonyl (C=O) groups is 1. The van der Waals surface area contributed by atoms with Crippen LogP contribution in [-0.2, 0) is 9.84 Å². The van der Waals surface area contributed by atoms with Gasteiger partial charge in [-0.2, -0.15) is 0 Å². The number of sulfone groups is 1. The maximum Gasteiger partial charge on any atom is 0.254 e. The predicted molar refractivity (Wildman–Crippen MR) is 72.7 cm³/mol. The third-order valence-electron chi connectivity index (χ3n) is 3.80. The first-order valence-electron chi connectivity index (χ1n) is 6.65. The highest BCUT2D eigenvalue weighted by Crippen LogP contribution is 2.33. The second kappa shape index (κ2) is 4.63. The molecular weight excluding hydrogens is 262 g/mol. The van der Waals surface area contributed by atoms with E-state index in [1.54, 1.807) is 12.1 Å². The Morgan fingerprint density at radius 1 is 1.05 bits per heavy atom. The minimum atomic E-state index is -2.96. The lowest BCUT2D eigenvalue weighted by Crippen LogP contribution is -2.42. The first-order chi connectivity index (χ1) is 9.07. The zero-order valence-electron chi connectivity index (χ0n) is 10.7. The first-order valence-corrected chi connectivity index (χ1v) is 8.47. The van der Waals surface area contributed by atoms with Crippen LogP contribution in [0.5, 0.6) is 0 Å². The third kappa shape index (κ3) is 2.66. The maximum absolute atomic E-state index is 12.6. The van der Waals surface area contributed by atoms with E-state index in [9.17, 15) is 13.2 Å². The summed E-state index contributed by atoms with van der Waals surface area (Å²) in [5.41, 5.74) is 0.652. The number of hydrogen-bond acceptors (Lipinski definition) is 3. The fourth-order valence-electron chi connectivity index (χ4n) is 2.71. The lowest BCUT2D eigenvalue weighted by Gasteiger charge is -2.28. The van der Waals surface area contributed by atoms with Crippen LogP contribution in [0.1, 0.15) is 29.6 Å². The average molecular weight is 279 g/mol. The Hall–Kier alpha value is -1.36. The van der Waals surface area contributed by atoms with Gasteiger partial charge in [-0.1, -0.05) is 18.2 Å². The molecule has 2 fully saturated rings. The standard InChI is InChI=1S/C14H17NO3S/c16-14(11-4-2-1-3-5-11)15(12-6-7-12)13-8-9-19(17,18)10-13/h1-5,12-13H,6-10H2. The molecule has 5 heteroatoms. The summed E-state index contributed by atoms with van der Waals surface area (Å²) in [4.78, 5) is 14.4. The summed E-state index contributed by atoms with van der Waals surface area (Å²) in [6.45, 7) is 0. The van der Waals surface area contributed by atoms with Crippen LogP contribution >= 0.6 is 0 Å². The summed E-state index contributed by atoms with van der Waals surface area (Å²) in [6.07, 6.45) is 2.57. The van der Waals surface area contributed by atoms with Gasteiger partial charge >= 0.3 is 0 Å². The third-order valence-corrected chi connectivity index (χ3v) is 5.55. The molecule has 1 aliphatic carbocycles. The van der Waals surface area contributed by atoms with Crippen molar-refractivity contribution in [2.45, 2.75) is 31.3 Å². The highest BCUT2D eigenvalue weighted by Gasteiger charge is 2.42. The van der Waals surface area contributed by atoms with Gasteiger partial charge in [0.25, 0.3) is 5.91 Å². The van der Waals surface area contributed by atoms with Crippen molar-refractivity contribution in [2.75, 3.05) is 11.5 Å². The van der Waals surface area contributed by atoms with Crippen LogP contribution in [0, 0.1) is 0 Å². The zero-order chi connectivity index (χ0) is 13.5. The monoisotopic (exact) mass is 279 g/mol. The normalized spacial score (nSPS) is 25.2. The van der Waals surface area contributed by atoms with Gasteiger partial charge < -0.3 is 4.90 Å². The van der Waals surface area contributed by atoms with E-state index in [1.807, 2.05) is 23.1 Å². The van der Waals surface area contributed by atoms with Crippen molar-refractivity contribution in [1.29, 1.82) is 0 Å². The number of carbonyl (C=O) groups excluding carboxylic acids is 1. The summed E-state index contributed by atoms with van der Waals surface area (Å²) in [6, 6.07) is 9.24. The van der Waals surface area contributed by atoms with Crippen LogP contribution in [0.15, 0.2) is 30.3 Å². The molecule has 1 amide bonds. The summed E-state index contributed by atoms with van der Waals surface area (Å²) in [5, 5.41) is 0. The summed E-state index contributed by atoms with van der Waals surface area (Å²) in [5.74, 6) is 0.315. The summed E-state index contributed by atoms with van der Waals surface area (Å²) >= 11 is 0. The quantitative estimate of drug-likeness (QED) is 0.842. The summed E-state index contributed by atoms with van der Waals surface area (Å²) < 4.78 is 23.2. The molecule has 1 unspecified atom stereocenters. The molecule has 0 aromatic heterocycles. The van der Waals surface area contributed by atoms with Crippen LogP contribution in [0.25, 0.3) is 0 Å². The highest BCUT2D eigenvalue weighted by molar-refractivity contribution is 7.91. The fraction of sp³-hybridized carbons (Fsp3) is 0.500. The van der Waals surface area contributed by atoms with Crippen molar-refractivity contribution in [3.05, 3.63) is 35.9 Å². The number of benzene rings is 1. The van der Waals surface area contributed by atoms with E-state index in [0.29, 0.717) is 12.0 Å². The predicted octanol–water partition coefficient (Wildman–Crippen LogP) is 1.48. The van der Waals surface area contributed by atoms with Crippen LogP contribution in [0.2, 0.25) is 0 Å². The molecule has 1 atom stereocenters. The largest absolute Gasteiger partial charge is 0.332 e. The van der Waals surface area contributed by atoms with E-state index in [1.165, 1.54) is 0 Å². The maximum atomic E-state index is 12.6. The van der Waals surface area contributed by atoms with E-state index >= 15 is 0 Å². The zero-order valence-corrected chi connectivity index (χ0v) is 11.5. The molecule has 2 aliphatic rings. The first kappa shape index (κ1) is 12.7. The average Bonchev–Trinajstić information content (AvgIpc) is 3.15. The van der Waals surface area contributed by atoms with Gasteiger partial charge in [-0.25, -0.2) is 8.42 Å². The lowest BCUT2D eigenvalue weighted by molar-refractivity contribution is 0.0681. The second-order valence-corrected chi connectivity index (χ2v) is 7.60. The molecular formula is C14H17NO3S. The molecule has 0 bridgehead atoms. The Bertz CT molecular complexity index is 578. The van der Waals surface area contributed by atoms with Crippen molar-refractivity contribution in [3.63, 3.8) is 0 Å². The lowest BCUT2D eigenvalue weighted by atomic mass is 10.1. The SMILES string of the molecule is O=C(c1ccccc1)N(C1CC1)C1CCS(=O)(=O)C1. The van der Waals surface area contributed by atoms with Crippen molar-refractivity contribution in [2.24, 2.45) is 0 Å². The Balaban J connectivity index is 1.84. The van der Waals surface area contributed by atoms with Crippen LogP contribution in [0.4, 0.5) is 0 Å². The number of rotatable bonds is 3. The molecule has 1 heterocycles. The summed E-state index contributed by atoms with van der Waals surface area (Å²) in [7, 11) is -2.96. The highest BCUT2D eigenvalue weighted by atomic mass is 32.2. The van der Waals surface area contributed by atoms with E-state index in [0.717, 1.165) is 12.8 Å². The molecule has 1 saturated carbocycles.